The topological polar surface area (TPSA) is 60.4 Å². The fourth-order valence-corrected chi connectivity index (χ4v) is 1.06. The van der Waals surface area contributed by atoms with Gasteiger partial charge in [0.05, 0.1) is 12.4 Å². The van der Waals surface area contributed by atoms with Crippen molar-refractivity contribution in [3.05, 3.63) is 12.2 Å². The van der Waals surface area contributed by atoms with Crippen LogP contribution in [0.4, 0.5) is 0 Å². The first kappa shape index (κ1) is 12.3. The van der Waals surface area contributed by atoms with E-state index in [1.54, 1.807) is 6.92 Å². The number of carbonyl (C=O) groups excluding carboxylic acids is 1. The summed E-state index contributed by atoms with van der Waals surface area (Å²) >= 11 is 0. The van der Waals surface area contributed by atoms with Crippen molar-refractivity contribution >= 4 is 15.9 Å². The minimum Gasteiger partial charge on any atom is -0.294 e. The Hall–Kier alpha value is -0.680. The number of carbonyl (C=O) groups is 1. The zero-order valence-electron chi connectivity index (χ0n) is 7.87. The second-order valence-electron chi connectivity index (χ2n) is 2.62. The molecule has 0 aliphatic rings. The van der Waals surface area contributed by atoms with Crippen molar-refractivity contribution in [2.24, 2.45) is 0 Å². The Labute approximate surface area is 78.7 Å². The summed E-state index contributed by atoms with van der Waals surface area (Å²) in [6, 6.07) is 0. The summed E-state index contributed by atoms with van der Waals surface area (Å²) in [6.45, 7) is 6.40. The molecule has 0 heterocycles. The van der Waals surface area contributed by atoms with Gasteiger partial charge in [0.1, 0.15) is 0 Å². The van der Waals surface area contributed by atoms with Crippen molar-refractivity contribution in [3.63, 3.8) is 0 Å². The zero-order valence-corrected chi connectivity index (χ0v) is 8.69. The Morgan fingerprint density at radius 1 is 1.46 bits per heavy atom. The molecule has 0 fully saturated rings. The predicted octanol–water partition coefficient (Wildman–Crippen LogP) is 0.888. The zero-order chi connectivity index (χ0) is 10.5. The molecule has 0 aliphatic heterocycles. The van der Waals surface area contributed by atoms with Crippen molar-refractivity contribution in [3.8, 4) is 0 Å². The number of ketones is 1. The van der Waals surface area contributed by atoms with Crippen LogP contribution in [0.25, 0.3) is 0 Å². The van der Waals surface area contributed by atoms with Crippen LogP contribution >= 0.6 is 0 Å². The maximum Gasteiger partial charge on any atom is 0.267 e. The van der Waals surface area contributed by atoms with Gasteiger partial charge in [-0.1, -0.05) is 6.58 Å². The van der Waals surface area contributed by atoms with E-state index in [4.69, 9.17) is 0 Å². The van der Waals surface area contributed by atoms with Crippen LogP contribution in [0.2, 0.25) is 0 Å². The van der Waals surface area contributed by atoms with Crippen LogP contribution in [-0.2, 0) is 19.1 Å². The van der Waals surface area contributed by atoms with Crippen molar-refractivity contribution in [2.45, 2.75) is 20.3 Å². The van der Waals surface area contributed by atoms with Gasteiger partial charge in [0, 0.05) is 6.42 Å². The summed E-state index contributed by atoms with van der Waals surface area (Å²) in [5, 5.41) is 0. The van der Waals surface area contributed by atoms with Crippen molar-refractivity contribution in [1.29, 1.82) is 0 Å². The third-order valence-electron chi connectivity index (χ3n) is 1.42. The SMILES string of the molecule is C=C(C)C(=O)CCOS(=O)(=O)CC. The van der Waals surface area contributed by atoms with Gasteiger partial charge in [-0.2, -0.15) is 8.42 Å². The molecule has 0 radical (unpaired) electrons. The fraction of sp³-hybridized carbons (Fsp3) is 0.625. The summed E-state index contributed by atoms with van der Waals surface area (Å²) < 4.78 is 26.1. The molecule has 0 amide bonds. The number of allylic oxidation sites excluding steroid dienone is 1. The molecular formula is C8H14O4S. The van der Waals surface area contributed by atoms with E-state index in [2.05, 4.69) is 10.8 Å². The Balaban J connectivity index is 3.82. The Morgan fingerprint density at radius 3 is 2.38 bits per heavy atom. The molecule has 4 nitrogen and oxygen atoms in total. The Bertz CT molecular complexity index is 289. The lowest BCUT2D eigenvalue weighted by Crippen LogP contribution is -2.12. The molecule has 0 saturated heterocycles. The number of hydrogen-bond acceptors (Lipinski definition) is 4. The van der Waals surface area contributed by atoms with Crippen LogP contribution in [0, 0.1) is 0 Å². The monoisotopic (exact) mass is 206 g/mol. The average Bonchev–Trinajstić information content (AvgIpc) is 2.04. The van der Waals surface area contributed by atoms with Crippen LogP contribution in [-0.4, -0.2) is 26.6 Å². The number of rotatable bonds is 6. The molecule has 0 aromatic rings. The summed E-state index contributed by atoms with van der Waals surface area (Å²) in [5.74, 6) is -0.250. The minimum atomic E-state index is -3.42. The van der Waals surface area contributed by atoms with Gasteiger partial charge in [-0.15, -0.1) is 0 Å². The highest BCUT2D eigenvalue weighted by atomic mass is 32.2. The Kier molecular flexibility index (Phi) is 4.87. The largest absolute Gasteiger partial charge is 0.294 e. The van der Waals surface area contributed by atoms with Crippen molar-refractivity contribution in [2.75, 3.05) is 12.4 Å². The van der Waals surface area contributed by atoms with E-state index >= 15 is 0 Å². The smallest absolute Gasteiger partial charge is 0.267 e. The summed E-state index contributed by atoms with van der Waals surface area (Å²) in [5.41, 5.74) is 0.414. The van der Waals surface area contributed by atoms with Gasteiger partial charge in [0.15, 0.2) is 5.78 Å². The van der Waals surface area contributed by atoms with Crippen LogP contribution in [0.15, 0.2) is 12.2 Å². The normalized spacial score (nSPS) is 11.2. The second kappa shape index (κ2) is 5.14. The molecule has 0 aromatic carbocycles. The summed E-state index contributed by atoms with van der Waals surface area (Å²) in [4.78, 5) is 10.9. The van der Waals surface area contributed by atoms with E-state index in [1.165, 1.54) is 6.92 Å². The van der Waals surface area contributed by atoms with Crippen LogP contribution in [0.3, 0.4) is 0 Å². The highest BCUT2D eigenvalue weighted by molar-refractivity contribution is 7.86. The van der Waals surface area contributed by atoms with E-state index in [0.29, 0.717) is 5.57 Å². The number of hydrogen-bond donors (Lipinski definition) is 0. The number of Topliss-reactive ketones (excluding diaryl/α,β-unsaturated/α-hetero) is 1. The molecule has 0 bridgehead atoms. The standard InChI is InChI=1S/C8H14O4S/c1-4-13(10,11)12-6-5-8(9)7(2)3/h2,4-6H2,1,3H3. The first-order valence-corrected chi connectivity index (χ1v) is 5.52. The van der Waals surface area contributed by atoms with E-state index in [1.807, 2.05) is 0 Å². The van der Waals surface area contributed by atoms with Gasteiger partial charge in [0.25, 0.3) is 10.1 Å². The molecule has 0 spiro atoms. The van der Waals surface area contributed by atoms with Crippen molar-refractivity contribution < 1.29 is 17.4 Å². The first-order chi connectivity index (χ1) is 5.89. The molecule has 76 valence electrons. The summed E-state index contributed by atoms with van der Waals surface area (Å²) in [6.07, 6.45) is 0.0641. The van der Waals surface area contributed by atoms with Gasteiger partial charge in [-0.3, -0.25) is 8.98 Å². The van der Waals surface area contributed by atoms with Crippen molar-refractivity contribution in [1.82, 2.24) is 0 Å². The van der Waals surface area contributed by atoms with Crippen LogP contribution in [0.1, 0.15) is 20.3 Å². The van der Waals surface area contributed by atoms with Crippen LogP contribution < -0.4 is 0 Å². The Morgan fingerprint density at radius 2 is 2.00 bits per heavy atom. The predicted molar refractivity (Wildman–Crippen MR) is 49.9 cm³/mol. The lowest BCUT2D eigenvalue weighted by atomic mass is 10.2. The van der Waals surface area contributed by atoms with Gasteiger partial charge in [0.2, 0.25) is 0 Å². The molecule has 0 aromatic heterocycles. The van der Waals surface area contributed by atoms with Crippen LogP contribution in [0.5, 0.6) is 0 Å². The highest BCUT2D eigenvalue weighted by Crippen LogP contribution is 1.99. The highest BCUT2D eigenvalue weighted by Gasteiger charge is 2.09. The second-order valence-corrected chi connectivity index (χ2v) is 4.55. The first-order valence-electron chi connectivity index (χ1n) is 3.95. The quantitative estimate of drug-likeness (QED) is 0.478. The molecule has 0 atom stereocenters. The molecule has 0 N–H and O–H groups in total. The molecule has 5 heteroatoms. The van der Waals surface area contributed by atoms with E-state index < -0.39 is 10.1 Å². The van der Waals surface area contributed by atoms with E-state index in [0.717, 1.165) is 0 Å². The molecule has 0 rings (SSSR count). The molecular weight excluding hydrogens is 192 g/mol. The van der Waals surface area contributed by atoms with E-state index in [-0.39, 0.29) is 24.6 Å². The molecule has 13 heavy (non-hydrogen) atoms. The lowest BCUT2D eigenvalue weighted by molar-refractivity contribution is -0.115. The maximum atomic E-state index is 10.9. The van der Waals surface area contributed by atoms with Gasteiger partial charge < -0.3 is 0 Å². The molecule has 0 unspecified atom stereocenters. The summed E-state index contributed by atoms with van der Waals surface area (Å²) in [7, 11) is -3.42. The van der Waals surface area contributed by atoms with E-state index in [9.17, 15) is 13.2 Å². The van der Waals surface area contributed by atoms with Gasteiger partial charge >= 0.3 is 0 Å². The maximum absolute atomic E-state index is 10.9. The van der Waals surface area contributed by atoms with Gasteiger partial charge in [-0.05, 0) is 19.4 Å². The van der Waals surface area contributed by atoms with Gasteiger partial charge in [-0.25, -0.2) is 0 Å². The molecule has 0 saturated carbocycles. The average molecular weight is 206 g/mol. The minimum absolute atomic E-state index is 0.0641. The molecule has 0 aliphatic carbocycles. The third kappa shape index (κ3) is 5.54. The fourth-order valence-electron chi connectivity index (χ4n) is 0.558. The third-order valence-corrected chi connectivity index (χ3v) is 2.65. The lowest BCUT2D eigenvalue weighted by Gasteiger charge is -2.01.